The summed E-state index contributed by atoms with van der Waals surface area (Å²) in [6, 6.07) is 5.77. The monoisotopic (exact) mass is 497 g/mol. The van der Waals surface area contributed by atoms with Gasteiger partial charge in [0.2, 0.25) is 0 Å². The fourth-order valence-corrected chi connectivity index (χ4v) is 4.22. The number of nitrogens with zero attached hydrogens (tertiary/aromatic N) is 1. The number of phenolic OH excluding ortho intramolecular Hbond substituents is 1. The molecule has 0 spiro atoms. The number of likely N-dealkylation sites (N-methyl/N-ethyl adjacent to an activating group) is 1. The molecule has 0 radical (unpaired) electrons. The second kappa shape index (κ2) is 10.5. The van der Waals surface area contributed by atoms with Crippen molar-refractivity contribution in [1.29, 1.82) is 0 Å². The van der Waals surface area contributed by atoms with Crippen LogP contribution in [0.1, 0.15) is 45.0 Å². The standard InChI is InChI=1S/C24H26F3NO7/c1-28-8-7-15(18(31)12-28)21-19(33-2)11-20(34-3)22(23(21)32)17(30)10-16(29)13-5-4-6-14(9-13)35-24(25,26)27/h4-6,9,11,15,18,31-32H,7-8,10,12H2,1-3H3/t15-,18+/m0/s1. The highest BCUT2D eigenvalue weighted by molar-refractivity contribution is 6.15. The van der Waals surface area contributed by atoms with Gasteiger partial charge in [0.15, 0.2) is 11.6 Å². The molecular weight excluding hydrogens is 471 g/mol. The van der Waals surface area contributed by atoms with E-state index in [2.05, 4.69) is 4.74 Å². The van der Waals surface area contributed by atoms with Crippen molar-refractivity contribution in [3.63, 3.8) is 0 Å². The van der Waals surface area contributed by atoms with E-state index < -0.39 is 47.9 Å². The zero-order valence-corrected chi connectivity index (χ0v) is 19.4. The molecule has 0 bridgehead atoms. The number of Topliss-reactive ketones (excluding diaryl/α,β-unsaturated/α-hetero) is 2. The van der Waals surface area contributed by atoms with E-state index in [0.29, 0.717) is 19.5 Å². The number of alkyl halides is 3. The lowest BCUT2D eigenvalue weighted by Crippen LogP contribution is -2.40. The first-order valence-corrected chi connectivity index (χ1v) is 10.7. The number of aliphatic hydroxyl groups is 1. The van der Waals surface area contributed by atoms with Crippen LogP contribution in [0.15, 0.2) is 30.3 Å². The first-order valence-electron chi connectivity index (χ1n) is 10.7. The number of hydrogen-bond acceptors (Lipinski definition) is 8. The fraction of sp³-hybridized carbons (Fsp3) is 0.417. The number of carbonyl (C=O) groups excluding carboxylic acids is 2. The van der Waals surface area contributed by atoms with Crippen LogP contribution in [0.3, 0.4) is 0 Å². The SMILES string of the molecule is COc1cc(OC)c([C@H]2CCN(C)C[C@H]2O)c(O)c1C(=O)CC(=O)c1cccc(OC(F)(F)F)c1. The predicted molar refractivity (Wildman–Crippen MR) is 118 cm³/mol. The molecule has 35 heavy (non-hydrogen) atoms. The third kappa shape index (κ3) is 6.04. The first kappa shape index (κ1) is 26.3. The highest BCUT2D eigenvalue weighted by atomic mass is 19.4. The summed E-state index contributed by atoms with van der Waals surface area (Å²) in [5.74, 6) is -3.02. The summed E-state index contributed by atoms with van der Waals surface area (Å²) in [4.78, 5) is 27.8. The number of halogens is 3. The number of aromatic hydroxyl groups is 1. The quantitative estimate of drug-likeness (QED) is 0.422. The second-order valence-electron chi connectivity index (χ2n) is 8.24. The molecule has 0 unspecified atom stereocenters. The second-order valence-corrected chi connectivity index (χ2v) is 8.24. The third-order valence-corrected chi connectivity index (χ3v) is 5.85. The minimum absolute atomic E-state index is 0.0440. The van der Waals surface area contributed by atoms with Crippen molar-refractivity contribution in [1.82, 2.24) is 4.90 Å². The van der Waals surface area contributed by atoms with Crippen LogP contribution in [0.2, 0.25) is 0 Å². The van der Waals surface area contributed by atoms with Gasteiger partial charge in [-0.05, 0) is 32.1 Å². The minimum atomic E-state index is -4.94. The van der Waals surface area contributed by atoms with Crippen molar-refractivity contribution in [2.24, 2.45) is 0 Å². The minimum Gasteiger partial charge on any atom is -0.507 e. The maximum absolute atomic E-state index is 13.1. The van der Waals surface area contributed by atoms with Crippen molar-refractivity contribution in [2.45, 2.75) is 31.2 Å². The Morgan fingerprint density at radius 3 is 2.40 bits per heavy atom. The van der Waals surface area contributed by atoms with Gasteiger partial charge >= 0.3 is 6.36 Å². The molecule has 2 N–H and O–H groups in total. The van der Waals surface area contributed by atoms with Crippen molar-refractivity contribution < 1.29 is 47.2 Å². The number of ether oxygens (including phenoxy) is 3. The van der Waals surface area contributed by atoms with Gasteiger partial charge in [-0.15, -0.1) is 13.2 Å². The number of likely N-dealkylation sites (tertiary alicyclic amines) is 1. The zero-order valence-electron chi connectivity index (χ0n) is 19.4. The summed E-state index contributed by atoms with van der Waals surface area (Å²) < 4.78 is 52.0. The molecule has 190 valence electrons. The van der Waals surface area contributed by atoms with Gasteiger partial charge in [0, 0.05) is 29.7 Å². The Kier molecular flexibility index (Phi) is 7.91. The Labute approximate surface area is 199 Å². The van der Waals surface area contributed by atoms with E-state index in [1.54, 1.807) is 0 Å². The van der Waals surface area contributed by atoms with Crippen LogP contribution in [0, 0.1) is 0 Å². The van der Waals surface area contributed by atoms with E-state index in [1.807, 2.05) is 11.9 Å². The summed E-state index contributed by atoms with van der Waals surface area (Å²) in [6.07, 6.45) is -6.05. The molecule has 11 heteroatoms. The lowest BCUT2D eigenvalue weighted by molar-refractivity contribution is -0.274. The van der Waals surface area contributed by atoms with E-state index in [0.717, 1.165) is 12.1 Å². The number of ketones is 2. The van der Waals surface area contributed by atoms with E-state index in [9.17, 15) is 33.0 Å². The number of benzene rings is 2. The van der Waals surface area contributed by atoms with Crippen molar-refractivity contribution >= 4 is 11.6 Å². The molecule has 1 heterocycles. The molecule has 2 aromatic rings. The Balaban J connectivity index is 1.94. The summed E-state index contributed by atoms with van der Waals surface area (Å²) >= 11 is 0. The van der Waals surface area contributed by atoms with Crippen LogP contribution in [-0.4, -0.2) is 73.5 Å². The molecule has 1 aliphatic rings. The normalized spacial score (nSPS) is 18.7. The topological polar surface area (TPSA) is 106 Å². The van der Waals surface area contributed by atoms with Crippen molar-refractivity contribution in [3.8, 4) is 23.0 Å². The van der Waals surface area contributed by atoms with Crippen molar-refractivity contribution in [3.05, 3.63) is 47.0 Å². The molecule has 1 saturated heterocycles. The molecule has 2 atom stereocenters. The number of piperidine rings is 1. The van der Waals surface area contributed by atoms with Crippen LogP contribution in [0.25, 0.3) is 0 Å². The van der Waals surface area contributed by atoms with Gasteiger partial charge in [-0.3, -0.25) is 9.59 Å². The molecular formula is C24H26F3NO7. The van der Waals surface area contributed by atoms with Gasteiger partial charge in [-0.25, -0.2) is 0 Å². The molecule has 8 nitrogen and oxygen atoms in total. The number of rotatable bonds is 8. The van der Waals surface area contributed by atoms with E-state index in [1.165, 1.54) is 32.4 Å². The van der Waals surface area contributed by atoms with Gasteiger partial charge in [0.25, 0.3) is 0 Å². The number of carbonyl (C=O) groups is 2. The first-order chi connectivity index (χ1) is 16.4. The summed E-state index contributed by atoms with van der Waals surface area (Å²) in [5.41, 5.74) is -0.214. The molecule has 0 aliphatic carbocycles. The summed E-state index contributed by atoms with van der Waals surface area (Å²) in [6.45, 7) is 0.978. The van der Waals surface area contributed by atoms with E-state index in [-0.39, 0.29) is 28.2 Å². The Morgan fingerprint density at radius 1 is 1.11 bits per heavy atom. The maximum atomic E-state index is 13.1. The van der Waals surface area contributed by atoms with Crippen LogP contribution < -0.4 is 14.2 Å². The van der Waals surface area contributed by atoms with Gasteiger partial charge in [-0.2, -0.15) is 0 Å². The molecule has 1 fully saturated rings. The Bertz CT molecular complexity index is 1100. The predicted octanol–water partition coefficient (Wildman–Crippen LogP) is 3.54. The molecule has 2 aromatic carbocycles. The lowest BCUT2D eigenvalue weighted by Gasteiger charge is -2.35. The molecule has 3 rings (SSSR count). The number of methoxy groups -OCH3 is 2. The zero-order chi connectivity index (χ0) is 25.9. The fourth-order valence-electron chi connectivity index (χ4n) is 4.22. The van der Waals surface area contributed by atoms with Crippen molar-refractivity contribution in [2.75, 3.05) is 34.4 Å². The number of phenols is 1. The van der Waals surface area contributed by atoms with Gasteiger partial charge in [0.1, 0.15) is 28.6 Å². The average Bonchev–Trinajstić information content (AvgIpc) is 2.77. The van der Waals surface area contributed by atoms with Gasteiger partial charge < -0.3 is 29.3 Å². The molecule has 0 amide bonds. The Hall–Kier alpha value is -3.31. The highest BCUT2D eigenvalue weighted by Crippen LogP contribution is 2.46. The maximum Gasteiger partial charge on any atom is 0.573 e. The van der Waals surface area contributed by atoms with Crippen LogP contribution >= 0.6 is 0 Å². The largest absolute Gasteiger partial charge is 0.573 e. The van der Waals surface area contributed by atoms with E-state index >= 15 is 0 Å². The van der Waals surface area contributed by atoms with Crippen LogP contribution in [-0.2, 0) is 0 Å². The number of β-amino-alcohol motifs (C(OH)–C–C–N with tert-alkyl or cyclic N) is 1. The number of aliphatic hydroxyl groups excluding tert-OH is 1. The highest BCUT2D eigenvalue weighted by Gasteiger charge is 2.35. The smallest absolute Gasteiger partial charge is 0.507 e. The molecule has 0 saturated carbocycles. The lowest BCUT2D eigenvalue weighted by atomic mass is 9.84. The van der Waals surface area contributed by atoms with E-state index in [4.69, 9.17) is 9.47 Å². The summed E-state index contributed by atoms with van der Waals surface area (Å²) in [7, 11) is 4.49. The third-order valence-electron chi connectivity index (χ3n) is 5.85. The average molecular weight is 497 g/mol. The summed E-state index contributed by atoms with van der Waals surface area (Å²) in [5, 5.41) is 21.7. The van der Waals surface area contributed by atoms with Crippen LogP contribution in [0.4, 0.5) is 13.2 Å². The molecule has 0 aromatic heterocycles. The van der Waals surface area contributed by atoms with Gasteiger partial charge in [-0.1, -0.05) is 12.1 Å². The number of hydrogen-bond donors (Lipinski definition) is 2. The van der Waals surface area contributed by atoms with Crippen LogP contribution in [0.5, 0.6) is 23.0 Å². The molecule has 1 aliphatic heterocycles. The van der Waals surface area contributed by atoms with Gasteiger partial charge in [0.05, 0.1) is 26.7 Å². The Morgan fingerprint density at radius 2 is 1.80 bits per heavy atom.